The fraction of sp³-hybridized carbons (Fsp3) is 0.471. The Morgan fingerprint density at radius 2 is 2.04 bits per heavy atom. The van der Waals surface area contributed by atoms with Crippen LogP contribution < -0.4 is 10.6 Å². The van der Waals surface area contributed by atoms with Crippen LogP contribution in [0.4, 0.5) is 5.13 Å². The largest absolute Gasteiger partial charge is 0.357 e. The van der Waals surface area contributed by atoms with E-state index in [0.29, 0.717) is 17.7 Å². The normalized spacial score (nSPS) is 15.3. The lowest BCUT2D eigenvalue weighted by Gasteiger charge is -2.22. The maximum absolute atomic E-state index is 12.3. The molecule has 128 valence electrons. The fourth-order valence-electron chi connectivity index (χ4n) is 2.37. The van der Waals surface area contributed by atoms with Crippen molar-refractivity contribution in [2.24, 2.45) is 5.92 Å². The average Bonchev–Trinajstić information content (AvgIpc) is 3.28. The van der Waals surface area contributed by atoms with Gasteiger partial charge in [0.15, 0.2) is 4.34 Å². The molecular formula is C17H22N4OS2. The van der Waals surface area contributed by atoms with E-state index in [-0.39, 0.29) is 11.9 Å². The second-order valence-corrected chi connectivity index (χ2v) is 8.48. The molecule has 0 radical (unpaired) electrons. The number of nitrogens with one attached hydrogen (secondary N) is 2. The second kappa shape index (κ2) is 7.98. The van der Waals surface area contributed by atoms with Crippen molar-refractivity contribution in [3.05, 3.63) is 35.9 Å². The van der Waals surface area contributed by atoms with Gasteiger partial charge in [-0.3, -0.25) is 4.79 Å². The Morgan fingerprint density at radius 1 is 1.29 bits per heavy atom. The SMILES string of the molecule is CC(C)C(NC(=O)CSc1nnc(NC2CC2)s1)c1ccccc1. The van der Waals surface area contributed by atoms with Gasteiger partial charge < -0.3 is 10.6 Å². The van der Waals surface area contributed by atoms with E-state index in [1.807, 2.05) is 18.2 Å². The molecule has 2 aromatic rings. The van der Waals surface area contributed by atoms with Gasteiger partial charge in [-0.25, -0.2) is 0 Å². The summed E-state index contributed by atoms with van der Waals surface area (Å²) in [5.74, 6) is 0.709. The van der Waals surface area contributed by atoms with E-state index in [1.54, 1.807) is 0 Å². The van der Waals surface area contributed by atoms with Crippen LogP contribution in [0.1, 0.15) is 38.3 Å². The Hall–Kier alpha value is -1.60. The highest BCUT2D eigenvalue weighted by atomic mass is 32.2. The summed E-state index contributed by atoms with van der Waals surface area (Å²) < 4.78 is 0.828. The molecule has 24 heavy (non-hydrogen) atoms. The van der Waals surface area contributed by atoms with Gasteiger partial charge in [-0.2, -0.15) is 0 Å². The van der Waals surface area contributed by atoms with Crippen LogP contribution in [-0.2, 0) is 4.79 Å². The second-order valence-electron chi connectivity index (χ2n) is 6.28. The van der Waals surface area contributed by atoms with E-state index < -0.39 is 0 Å². The molecule has 2 N–H and O–H groups in total. The predicted molar refractivity (Wildman–Crippen MR) is 99.4 cm³/mol. The van der Waals surface area contributed by atoms with E-state index in [2.05, 4.69) is 46.8 Å². The van der Waals surface area contributed by atoms with Crippen molar-refractivity contribution in [3.63, 3.8) is 0 Å². The number of amides is 1. The molecule has 1 aromatic heterocycles. The molecule has 1 unspecified atom stereocenters. The third-order valence-electron chi connectivity index (χ3n) is 3.78. The predicted octanol–water partition coefficient (Wildman–Crippen LogP) is 3.72. The number of nitrogens with zero attached hydrogens (tertiary/aromatic N) is 2. The Kier molecular flexibility index (Phi) is 5.73. The highest BCUT2D eigenvalue weighted by Gasteiger charge is 2.23. The molecule has 1 amide bonds. The summed E-state index contributed by atoms with van der Waals surface area (Å²) >= 11 is 2.95. The van der Waals surface area contributed by atoms with Gasteiger partial charge in [0.25, 0.3) is 0 Å². The molecule has 1 saturated carbocycles. The zero-order valence-corrected chi connectivity index (χ0v) is 15.5. The number of anilines is 1. The molecule has 0 aliphatic heterocycles. The van der Waals surface area contributed by atoms with E-state index >= 15 is 0 Å². The van der Waals surface area contributed by atoms with E-state index in [1.165, 1.54) is 35.9 Å². The minimum absolute atomic E-state index is 0.0226. The monoisotopic (exact) mass is 362 g/mol. The number of thioether (sulfide) groups is 1. The summed E-state index contributed by atoms with van der Waals surface area (Å²) in [4.78, 5) is 12.3. The Labute approximate surface area is 150 Å². The molecule has 0 saturated heterocycles. The maximum Gasteiger partial charge on any atom is 0.230 e. The van der Waals surface area contributed by atoms with Crippen molar-refractivity contribution >= 4 is 34.1 Å². The number of hydrogen-bond donors (Lipinski definition) is 2. The molecule has 1 aromatic carbocycles. The molecular weight excluding hydrogens is 340 g/mol. The van der Waals surface area contributed by atoms with Crippen molar-refractivity contribution in [1.82, 2.24) is 15.5 Å². The Bertz CT molecular complexity index is 670. The van der Waals surface area contributed by atoms with E-state index in [4.69, 9.17) is 0 Å². The number of hydrogen-bond acceptors (Lipinski definition) is 6. The van der Waals surface area contributed by atoms with Crippen molar-refractivity contribution in [3.8, 4) is 0 Å². The summed E-state index contributed by atoms with van der Waals surface area (Å²) in [6.07, 6.45) is 2.42. The van der Waals surface area contributed by atoms with Gasteiger partial charge in [0.1, 0.15) is 0 Å². The number of carbonyl (C=O) groups is 1. The molecule has 1 aliphatic carbocycles. The van der Waals surface area contributed by atoms with Crippen LogP contribution in [0.15, 0.2) is 34.7 Å². The van der Waals surface area contributed by atoms with Crippen LogP contribution in [0.2, 0.25) is 0 Å². The van der Waals surface area contributed by atoms with Gasteiger partial charge in [0.2, 0.25) is 11.0 Å². The number of aromatic nitrogens is 2. The molecule has 1 fully saturated rings. The Balaban J connectivity index is 1.51. The van der Waals surface area contributed by atoms with Gasteiger partial charge >= 0.3 is 0 Å². The van der Waals surface area contributed by atoms with Crippen LogP contribution >= 0.6 is 23.1 Å². The summed E-state index contributed by atoms with van der Waals surface area (Å²) in [6.45, 7) is 4.23. The zero-order chi connectivity index (χ0) is 16.9. The minimum atomic E-state index is 0.0226. The van der Waals surface area contributed by atoms with Gasteiger partial charge in [-0.1, -0.05) is 67.3 Å². The average molecular weight is 363 g/mol. The number of carbonyl (C=O) groups excluding carboxylic acids is 1. The standard InChI is InChI=1S/C17H22N4OS2/c1-11(2)15(12-6-4-3-5-7-12)19-14(22)10-23-17-21-20-16(24-17)18-13-8-9-13/h3-7,11,13,15H,8-10H2,1-2H3,(H,18,20)(H,19,22). The lowest BCUT2D eigenvalue weighted by molar-refractivity contribution is -0.119. The first-order valence-corrected chi connectivity index (χ1v) is 9.99. The molecule has 1 heterocycles. The molecule has 1 aliphatic rings. The highest BCUT2D eigenvalue weighted by Crippen LogP contribution is 2.30. The van der Waals surface area contributed by atoms with Crippen LogP contribution in [0.5, 0.6) is 0 Å². The smallest absolute Gasteiger partial charge is 0.230 e. The molecule has 0 spiro atoms. The third-order valence-corrected chi connectivity index (χ3v) is 5.77. The van der Waals surface area contributed by atoms with Crippen LogP contribution in [0.3, 0.4) is 0 Å². The van der Waals surface area contributed by atoms with Crippen LogP contribution in [-0.4, -0.2) is 27.9 Å². The summed E-state index contributed by atoms with van der Waals surface area (Å²) in [5.41, 5.74) is 1.14. The highest BCUT2D eigenvalue weighted by molar-refractivity contribution is 8.01. The molecule has 1 atom stereocenters. The molecule has 7 heteroatoms. The minimum Gasteiger partial charge on any atom is -0.357 e. The molecule has 5 nitrogen and oxygen atoms in total. The van der Waals surface area contributed by atoms with Crippen molar-refractivity contribution in [2.75, 3.05) is 11.1 Å². The molecule has 0 bridgehead atoms. The first-order chi connectivity index (χ1) is 11.6. The first-order valence-electron chi connectivity index (χ1n) is 8.19. The van der Waals surface area contributed by atoms with Crippen molar-refractivity contribution in [2.45, 2.75) is 43.1 Å². The van der Waals surface area contributed by atoms with Crippen molar-refractivity contribution in [1.29, 1.82) is 0 Å². The van der Waals surface area contributed by atoms with Crippen LogP contribution in [0.25, 0.3) is 0 Å². The zero-order valence-electron chi connectivity index (χ0n) is 13.9. The van der Waals surface area contributed by atoms with Crippen LogP contribution in [0, 0.1) is 5.92 Å². The van der Waals surface area contributed by atoms with Gasteiger partial charge in [0.05, 0.1) is 11.8 Å². The van der Waals surface area contributed by atoms with E-state index in [9.17, 15) is 4.79 Å². The maximum atomic E-state index is 12.3. The number of rotatable bonds is 8. The topological polar surface area (TPSA) is 66.9 Å². The molecule has 3 rings (SSSR count). The van der Waals surface area contributed by atoms with Gasteiger partial charge in [-0.15, -0.1) is 10.2 Å². The number of benzene rings is 1. The summed E-state index contributed by atoms with van der Waals surface area (Å²) in [6, 6.07) is 10.7. The lowest BCUT2D eigenvalue weighted by Crippen LogP contribution is -2.32. The van der Waals surface area contributed by atoms with Crippen molar-refractivity contribution < 1.29 is 4.79 Å². The summed E-state index contributed by atoms with van der Waals surface area (Å²) in [7, 11) is 0. The fourth-order valence-corrected chi connectivity index (χ4v) is 4.01. The third kappa shape index (κ3) is 4.95. The van der Waals surface area contributed by atoms with Gasteiger partial charge in [-0.05, 0) is 24.3 Å². The summed E-state index contributed by atoms with van der Waals surface area (Å²) in [5, 5.41) is 15.6. The van der Waals surface area contributed by atoms with Gasteiger partial charge in [0, 0.05) is 6.04 Å². The van der Waals surface area contributed by atoms with E-state index in [0.717, 1.165) is 15.0 Å². The Morgan fingerprint density at radius 3 is 2.71 bits per heavy atom. The lowest BCUT2D eigenvalue weighted by atomic mass is 9.96. The quantitative estimate of drug-likeness (QED) is 0.701. The first kappa shape index (κ1) is 17.2.